The zero-order valence-corrected chi connectivity index (χ0v) is 18.8. The van der Waals surface area contributed by atoms with Crippen molar-refractivity contribution in [3.8, 4) is 11.1 Å². The highest BCUT2D eigenvalue weighted by Crippen LogP contribution is 2.30. The molecule has 4 rings (SSSR count). The molecule has 1 atom stereocenters. The number of aryl methyl sites for hydroxylation is 1. The quantitative estimate of drug-likeness (QED) is 0.575. The van der Waals surface area contributed by atoms with E-state index in [9.17, 15) is 9.18 Å². The molecule has 3 heterocycles. The van der Waals surface area contributed by atoms with Gasteiger partial charge in [0.25, 0.3) is 0 Å². The summed E-state index contributed by atoms with van der Waals surface area (Å²) in [6.07, 6.45) is 2.73. The molecule has 166 valence electrons. The van der Waals surface area contributed by atoms with Crippen molar-refractivity contribution in [1.82, 2.24) is 15.3 Å². The summed E-state index contributed by atoms with van der Waals surface area (Å²) in [5.74, 6) is 0.711. The number of anilines is 1. The molecule has 6 heteroatoms. The van der Waals surface area contributed by atoms with Gasteiger partial charge in [0.2, 0.25) is 5.78 Å². The topological polar surface area (TPSA) is 58.1 Å². The standard InChI is InChI=1S/C26H29FN4O/c1-17(2)15-19-16-31(14-13-29-19)24-11-10-22(21-7-4-5-9-23(21)27)25(30-24)26(32)20-8-6-12-28-18(20)3/h4-12,17,19,29H,13-16H2,1-3H3/t19-/m0/s1. The van der Waals surface area contributed by atoms with Gasteiger partial charge in [-0.1, -0.05) is 32.0 Å². The predicted molar refractivity (Wildman–Crippen MR) is 125 cm³/mol. The minimum atomic E-state index is -0.377. The third-order valence-corrected chi connectivity index (χ3v) is 5.85. The first-order chi connectivity index (χ1) is 15.4. The molecule has 5 nitrogen and oxygen atoms in total. The van der Waals surface area contributed by atoms with E-state index in [1.165, 1.54) is 6.07 Å². The number of nitrogens with one attached hydrogen (secondary N) is 1. The van der Waals surface area contributed by atoms with E-state index in [1.54, 1.807) is 43.5 Å². The number of halogens is 1. The molecule has 0 aliphatic carbocycles. The van der Waals surface area contributed by atoms with E-state index < -0.39 is 0 Å². The predicted octanol–water partition coefficient (Wildman–Crippen LogP) is 4.65. The zero-order valence-electron chi connectivity index (χ0n) is 18.8. The van der Waals surface area contributed by atoms with E-state index in [0.717, 1.165) is 31.9 Å². The molecule has 0 amide bonds. The largest absolute Gasteiger partial charge is 0.354 e. The van der Waals surface area contributed by atoms with E-state index in [1.807, 2.05) is 12.1 Å². The Kier molecular flexibility index (Phi) is 6.61. The first-order valence-corrected chi connectivity index (χ1v) is 11.1. The summed E-state index contributed by atoms with van der Waals surface area (Å²) in [4.78, 5) is 24.8. The van der Waals surface area contributed by atoms with Crippen LogP contribution in [0.15, 0.2) is 54.7 Å². The number of rotatable bonds is 6. The van der Waals surface area contributed by atoms with Crippen molar-refractivity contribution in [2.75, 3.05) is 24.5 Å². The van der Waals surface area contributed by atoms with Gasteiger partial charge in [0.05, 0.1) is 0 Å². The summed E-state index contributed by atoms with van der Waals surface area (Å²) in [5.41, 5.74) is 2.22. The van der Waals surface area contributed by atoms with Crippen molar-refractivity contribution >= 4 is 11.6 Å². The van der Waals surface area contributed by atoms with Crippen LogP contribution in [0.2, 0.25) is 0 Å². The van der Waals surface area contributed by atoms with Gasteiger partial charge in [-0.3, -0.25) is 9.78 Å². The summed E-state index contributed by atoms with van der Waals surface area (Å²) in [7, 11) is 0. The summed E-state index contributed by atoms with van der Waals surface area (Å²) >= 11 is 0. The van der Waals surface area contributed by atoms with Gasteiger partial charge in [0.1, 0.15) is 17.3 Å². The number of hydrogen-bond donors (Lipinski definition) is 1. The Hall–Kier alpha value is -3.12. The molecule has 1 saturated heterocycles. The van der Waals surface area contributed by atoms with Crippen molar-refractivity contribution in [2.45, 2.75) is 33.2 Å². The smallest absolute Gasteiger partial charge is 0.213 e. The van der Waals surface area contributed by atoms with Crippen molar-refractivity contribution < 1.29 is 9.18 Å². The first-order valence-electron chi connectivity index (χ1n) is 11.1. The van der Waals surface area contributed by atoms with Gasteiger partial charge in [-0.15, -0.1) is 0 Å². The molecule has 2 aromatic heterocycles. The highest BCUT2D eigenvalue weighted by molar-refractivity contribution is 6.12. The fraction of sp³-hybridized carbons (Fsp3) is 0.346. The fourth-order valence-corrected chi connectivity index (χ4v) is 4.31. The number of pyridine rings is 2. The third kappa shape index (κ3) is 4.70. The van der Waals surface area contributed by atoms with Crippen LogP contribution in [0.4, 0.5) is 10.2 Å². The van der Waals surface area contributed by atoms with Gasteiger partial charge in [-0.25, -0.2) is 9.37 Å². The number of piperazine rings is 1. The normalized spacial score (nSPS) is 16.4. The van der Waals surface area contributed by atoms with Crippen LogP contribution in [0.3, 0.4) is 0 Å². The van der Waals surface area contributed by atoms with Crippen LogP contribution in [0.5, 0.6) is 0 Å². The molecule has 0 saturated carbocycles. The minimum absolute atomic E-state index is 0.246. The average Bonchev–Trinajstić information content (AvgIpc) is 2.79. The molecule has 1 aromatic carbocycles. The SMILES string of the molecule is Cc1ncccc1C(=O)c1nc(N2CCN[C@@H](CC(C)C)C2)ccc1-c1ccccc1F. The van der Waals surface area contributed by atoms with Crippen molar-refractivity contribution in [1.29, 1.82) is 0 Å². The second kappa shape index (κ2) is 9.57. The highest BCUT2D eigenvalue weighted by atomic mass is 19.1. The van der Waals surface area contributed by atoms with Gasteiger partial charge in [0.15, 0.2) is 0 Å². The Labute approximate surface area is 188 Å². The zero-order chi connectivity index (χ0) is 22.7. The van der Waals surface area contributed by atoms with Crippen LogP contribution in [-0.4, -0.2) is 41.4 Å². The summed E-state index contributed by atoms with van der Waals surface area (Å²) in [6, 6.07) is 14.1. The maximum atomic E-state index is 14.7. The van der Waals surface area contributed by atoms with Crippen molar-refractivity contribution in [3.63, 3.8) is 0 Å². The average molecular weight is 433 g/mol. The lowest BCUT2D eigenvalue weighted by Crippen LogP contribution is -2.51. The Bertz CT molecular complexity index is 1110. The maximum Gasteiger partial charge on any atom is 0.213 e. The van der Waals surface area contributed by atoms with E-state index in [-0.39, 0.29) is 17.3 Å². The van der Waals surface area contributed by atoms with Gasteiger partial charge in [0, 0.05) is 54.3 Å². The lowest BCUT2D eigenvalue weighted by molar-refractivity contribution is 0.103. The van der Waals surface area contributed by atoms with Crippen LogP contribution in [0.25, 0.3) is 11.1 Å². The molecule has 1 fully saturated rings. The number of carbonyl (C=O) groups excluding carboxylic acids is 1. The molecule has 32 heavy (non-hydrogen) atoms. The molecule has 0 bridgehead atoms. The van der Waals surface area contributed by atoms with Crippen LogP contribution in [0, 0.1) is 18.7 Å². The summed E-state index contributed by atoms with van der Waals surface area (Å²) in [5, 5.41) is 3.57. The second-order valence-electron chi connectivity index (χ2n) is 8.74. The van der Waals surface area contributed by atoms with Gasteiger partial charge < -0.3 is 10.2 Å². The van der Waals surface area contributed by atoms with Gasteiger partial charge >= 0.3 is 0 Å². The molecule has 1 aliphatic rings. The monoisotopic (exact) mass is 432 g/mol. The van der Waals surface area contributed by atoms with Crippen molar-refractivity contribution in [3.05, 3.63) is 77.5 Å². The molecule has 1 aliphatic heterocycles. The third-order valence-electron chi connectivity index (χ3n) is 5.85. The Morgan fingerprint density at radius 1 is 1.16 bits per heavy atom. The number of benzene rings is 1. The molecule has 0 radical (unpaired) electrons. The summed E-state index contributed by atoms with van der Waals surface area (Å²) < 4.78 is 14.7. The first kappa shape index (κ1) is 22.1. The molecule has 1 N–H and O–H groups in total. The van der Waals surface area contributed by atoms with Crippen LogP contribution in [0.1, 0.15) is 42.0 Å². The Balaban J connectivity index is 1.77. The van der Waals surface area contributed by atoms with Gasteiger partial charge in [-0.05, 0) is 49.6 Å². The fourth-order valence-electron chi connectivity index (χ4n) is 4.31. The molecular formula is C26H29FN4O. The number of nitrogens with zero attached hydrogens (tertiary/aromatic N) is 3. The second-order valence-corrected chi connectivity index (χ2v) is 8.74. The van der Waals surface area contributed by atoms with Crippen LogP contribution in [-0.2, 0) is 0 Å². The van der Waals surface area contributed by atoms with Crippen LogP contribution < -0.4 is 10.2 Å². The Morgan fingerprint density at radius 2 is 1.97 bits per heavy atom. The molecule has 0 unspecified atom stereocenters. The van der Waals surface area contributed by atoms with Gasteiger partial charge in [-0.2, -0.15) is 0 Å². The maximum absolute atomic E-state index is 14.7. The number of ketones is 1. The molecular weight excluding hydrogens is 403 g/mol. The summed E-state index contributed by atoms with van der Waals surface area (Å²) in [6.45, 7) is 8.72. The molecule has 0 spiro atoms. The number of aromatic nitrogens is 2. The van der Waals surface area contributed by atoms with E-state index in [4.69, 9.17) is 4.98 Å². The van der Waals surface area contributed by atoms with E-state index in [2.05, 4.69) is 29.0 Å². The number of carbonyl (C=O) groups is 1. The number of hydrogen-bond acceptors (Lipinski definition) is 5. The Morgan fingerprint density at radius 3 is 2.72 bits per heavy atom. The van der Waals surface area contributed by atoms with E-state index in [0.29, 0.717) is 34.3 Å². The molecule has 3 aromatic rings. The lowest BCUT2D eigenvalue weighted by atomic mass is 9.97. The van der Waals surface area contributed by atoms with Crippen LogP contribution >= 0.6 is 0 Å². The van der Waals surface area contributed by atoms with E-state index >= 15 is 0 Å². The minimum Gasteiger partial charge on any atom is -0.354 e. The highest BCUT2D eigenvalue weighted by Gasteiger charge is 2.25. The lowest BCUT2D eigenvalue weighted by Gasteiger charge is -2.35. The van der Waals surface area contributed by atoms with Crippen molar-refractivity contribution in [2.24, 2.45) is 5.92 Å².